The molecule has 3 N–H and O–H groups in total. The summed E-state index contributed by atoms with van der Waals surface area (Å²) in [4.78, 5) is 2.26. The van der Waals surface area contributed by atoms with Crippen molar-refractivity contribution in [3.63, 3.8) is 0 Å². The van der Waals surface area contributed by atoms with E-state index in [1.165, 1.54) is 0 Å². The Kier molecular flexibility index (Phi) is 2.76. The van der Waals surface area contributed by atoms with Crippen LogP contribution in [0.3, 0.4) is 0 Å². The highest BCUT2D eigenvalue weighted by atomic mass is 16.3. The second-order valence-electron chi connectivity index (χ2n) is 4.28. The smallest absolute Gasteiger partial charge is 0.0686 e. The molecule has 1 rings (SSSR count). The molecule has 3 atom stereocenters. The summed E-state index contributed by atoms with van der Waals surface area (Å²) in [6.07, 6.45) is 0.825. The molecule has 1 aliphatic rings. The Hall–Kier alpha value is -0.120. The summed E-state index contributed by atoms with van der Waals surface area (Å²) in [5.41, 5.74) is 5.03. The molecule has 1 saturated heterocycles. The highest BCUT2D eigenvalue weighted by Gasteiger charge is 2.38. The predicted molar refractivity (Wildman–Crippen MR) is 49.9 cm³/mol. The van der Waals surface area contributed by atoms with E-state index in [9.17, 15) is 5.11 Å². The molecule has 0 spiro atoms. The van der Waals surface area contributed by atoms with Crippen molar-refractivity contribution in [1.82, 2.24) is 4.90 Å². The van der Waals surface area contributed by atoms with Gasteiger partial charge in [-0.2, -0.15) is 0 Å². The Bertz CT molecular complexity index is 159. The van der Waals surface area contributed by atoms with Crippen molar-refractivity contribution in [2.24, 2.45) is 11.7 Å². The fourth-order valence-corrected chi connectivity index (χ4v) is 1.97. The monoisotopic (exact) mass is 172 g/mol. The third kappa shape index (κ3) is 1.79. The van der Waals surface area contributed by atoms with Gasteiger partial charge in [-0.15, -0.1) is 0 Å². The second-order valence-corrected chi connectivity index (χ2v) is 4.28. The van der Waals surface area contributed by atoms with Crippen LogP contribution in [0.1, 0.15) is 20.3 Å². The highest BCUT2D eigenvalue weighted by Crippen LogP contribution is 2.29. The Labute approximate surface area is 74.5 Å². The van der Waals surface area contributed by atoms with Gasteiger partial charge in [0.1, 0.15) is 0 Å². The molecular weight excluding hydrogens is 152 g/mol. The summed E-state index contributed by atoms with van der Waals surface area (Å²) in [5.74, 6) is 0.221. The maximum absolute atomic E-state index is 10.0. The number of hydrogen-bond acceptors (Lipinski definition) is 3. The molecule has 1 fully saturated rings. The molecule has 0 aromatic heterocycles. The summed E-state index contributed by atoms with van der Waals surface area (Å²) in [6, 6.07) is 0.461. The van der Waals surface area contributed by atoms with Crippen molar-refractivity contribution in [1.29, 1.82) is 0 Å². The zero-order chi connectivity index (χ0) is 9.35. The topological polar surface area (TPSA) is 49.5 Å². The number of likely N-dealkylation sites (tertiary alicyclic amines) is 1. The molecule has 0 bridgehead atoms. The first-order valence-electron chi connectivity index (χ1n) is 4.60. The first kappa shape index (κ1) is 9.96. The first-order chi connectivity index (χ1) is 5.47. The van der Waals surface area contributed by atoms with E-state index < -0.39 is 5.60 Å². The molecule has 0 aromatic rings. The van der Waals surface area contributed by atoms with Gasteiger partial charge in [-0.05, 0) is 33.9 Å². The quantitative estimate of drug-likeness (QED) is 0.587. The van der Waals surface area contributed by atoms with E-state index in [4.69, 9.17) is 5.73 Å². The van der Waals surface area contributed by atoms with E-state index in [0.29, 0.717) is 12.6 Å². The zero-order valence-corrected chi connectivity index (χ0v) is 8.25. The summed E-state index contributed by atoms with van der Waals surface area (Å²) in [6.45, 7) is 5.52. The molecule has 0 saturated carbocycles. The minimum Gasteiger partial charge on any atom is -0.390 e. The summed E-state index contributed by atoms with van der Waals surface area (Å²) in [5, 5.41) is 10.0. The number of nitrogens with two attached hydrogens (primary N) is 1. The number of hydrogen-bond donors (Lipinski definition) is 2. The number of piperidine rings is 1. The Morgan fingerprint density at radius 1 is 1.67 bits per heavy atom. The Balaban J connectivity index is 2.65. The van der Waals surface area contributed by atoms with Crippen LogP contribution in [-0.4, -0.2) is 41.8 Å². The lowest BCUT2D eigenvalue weighted by atomic mass is 9.80. The van der Waals surface area contributed by atoms with Gasteiger partial charge < -0.3 is 15.7 Å². The van der Waals surface area contributed by atoms with Gasteiger partial charge in [-0.3, -0.25) is 0 Å². The van der Waals surface area contributed by atoms with E-state index in [1.807, 2.05) is 6.92 Å². The van der Waals surface area contributed by atoms with Gasteiger partial charge in [-0.25, -0.2) is 0 Å². The highest BCUT2D eigenvalue weighted by molar-refractivity contribution is 4.92. The van der Waals surface area contributed by atoms with E-state index in [2.05, 4.69) is 18.9 Å². The Morgan fingerprint density at radius 2 is 2.25 bits per heavy atom. The zero-order valence-electron chi connectivity index (χ0n) is 8.25. The molecule has 72 valence electrons. The van der Waals surface area contributed by atoms with Gasteiger partial charge in [0.15, 0.2) is 0 Å². The van der Waals surface area contributed by atoms with Crippen LogP contribution >= 0.6 is 0 Å². The largest absolute Gasteiger partial charge is 0.390 e. The molecular formula is C9H20N2O. The van der Waals surface area contributed by atoms with Crippen LogP contribution < -0.4 is 5.73 Å². The van der Waals surface area contributed by atoms with Gasteiger partial charge >= 0.3 is 0 Å². The van der Waals surface area contributed by atoms with Crippen molar-refractivity contribution in [2.45, 2.75) is 31.9 Å². The SMILES string of the molecule is CC1CC(C)(O)C(CN)CN1C. The lowest BCUT2D eigenvalue weighted by molar-refractivity contribution is -0.0675. The average molecular weight is 172 g/mol. The number of aliphatic hydroxyl groups is 1. The third-order valence-electron chi connectivity index (χ3n) is 3.13. The van der Waals surface area contributed by atoms with Crippen LogP contribution in [0.5, 0.6) is 0 Å². The molecule has 0 amide bonds. The minimum absolute atomic E-state index is 0.221. The van der Waals surface area contributed by atoms with E-state index in [1.54, 1.807) is 0 Å². The van der Waals surface area contributed by atoms with E-state index in [-0.39, 0.29) is 5.92 Å². The summed E-state index contributed by atoms with van der Waals surface area (Å²) in [7, 11) is 2.09. The molecule has 0 aromatic carbocycles. The van der Waals surface area contributed by atoms with Gasteiger partial charge in [0.2, 0.25) is 0 Å². The van der Waals surface area contributed by atoms with Crippen molar-refractivity contribution in [3.05, 3.63) is 0 Å². The molecule has 3 unspecified atom stereocenters. The number of rotatable bonds is 1. The summed E-state index contributed by atoms with van der Waals surface area (Å²) >= 11 is 0. The van der Waals surface area contributed by atoms with E-state index >= 15 is 0 Å². The van der Waals surface area contributed by atoms with Crippen LogP contribution in [0.15, 0.2) is 0 Å². The van der Waals surface area contributed by atoms with Crippen molar-refractivity contribution in [2.75, 3.05) is 20.1 Å². The van der Waals surface area contributed by atoms with E-state index in [0.717, 1.165) is 13.0 Å². The molecule has 0 aliphatic carbocycles. The average Bonchev–Trinajstić information content (AvgIpc) is 1.96. The molecule has 1 heterocycles. The van der Waals surface area contributed by atoms with Crippen LogP contribution in [0.25, 0.3) is 0 Å². The fourth-order valence-electron chi connectivity index (χ4n) is 1.97. The van der Waals surface area contributed by atoms with Gasteiger partial charge in [-0.1, -0.05) is 0 Å². The maximum Gasteiger partial charge on any atom is 0.0686 e. The lowest BCUT2D eigenvalue weighted by Crippen LogP contribution is -2.55. The van der Waals surface area contributed by atoms with Crippen LogP contribution in [0, 0.1) is 5.92 Å². The normalized spacial score (nSPS) is 44.8. The minimum atomic E-state index is -0.569. The number of nitrogens with zero attached hydrogens (tertiary/aromatic N) is 1. The third-order valence-corrected chi connectivity index (χ3v) is 3.13. The van der Waals surface area contributed by atoms with Crippen molar-refractivity contribution >= 4 is 0 Å². The molecule has 3 heteroatoms. The fraction of sp³-hybridized carbons (Fsp3) is 1.00. The maximum atomic E-state index is 10.0. The molecule has 1 aliphatic heterocycles. The van der Waals surface area contributed by atoms with Gasteiger partial charge in [0.25, 0.3) is 0 Å². The predicted octanol–water partition coefficient (Wildman–Crippen LogP) is 0.0363. The molecule has 3 nitrogen and oxygen atoms in total. The van der Waals surface area contributed by atoms with Crippen LogP contribution in [0.2, 0.25) is 0 Å². The standard InChI is InChI=1S/C9H20N2O/c1-7-4-9(2,12)8(5-10)6-11(7)3/h7-8,12H,4-6,10H2,1-3H3. The van der Waals surface area contributed by atoms with Crippen LogP contribution in [0.4, 0.5) is 0 Å². The second kappa shape index (κ2) is 3.32. The molecule has 0 radical (unpaired) electrons. The summed E-state index contributed by atoms with van der Waals surface area (Å²) < 4.78 is 0. The first-order valence-corrected chi connectivity index (χ1v) is 4.60. The lowest BCUT2D eigenvalue weighted by Gasteiger charge is -2.44. The van der Waals surface area contributed by atoms with Gasteiger partial charge in [0, 0.05) is 18.5 Å². The van der Waals surface area contributed by atoms with Crippen LogP contribution in [-0.2, 0) is 0 Å². The Morgan fingerprint density at radius 3 is 2.75 bits per heavy atom. The molecule has 12 heavy (non-hydrogen) atoms. The van der Waals surface area contributed by atoms with Crippen molar-refractivity contribution in [3.8, 4) is 0 Å². The van der Waals surface area contributed by atoms with Gasteiger partial charge in [0.05, 0.1) is 5.60 Å². The van der Waals surface area contributed by atoms with Crippen molar-refractivity contribution < 1.29 is 5.11 Å².